The van der Waals surface area contributed by atoms with E-state index in [0.29, 0.717) is 32.3 Å². The number of hydrogen-bond donors (Lipinski definition) is 2. The van der Waals surface area contributed by atoms with Crippen molar-refractivity contribution in [1.29, 1.82) is 0 Å². The Balaban J connectivity index is -0.00000111. The van der Waals surface area contributed by atoms with Crippen molar-refractivity contribution in [2.45, 2.75) is 279 Å². The predicted molar refractivity (Wildman–Crippen MR) is 303 cm³/mol. The molecule has 12 nitrogen and oxygen atoms in total. The Kier molecular flexibility index (Phi) is 64.6. The Morgan fingerprint density at radius 2 is 0.986 bits per heavy atom. The molecule has 1 heterocycles. The molecule has 3 unspecified atom stereocenters. The van der Waals surface area contributed by atoms with Crippen molar-refractivity contribution in [2.75, 3.05) is 59.7 Å². The molecule has 0 aromatic heterocycles. The fourth-order valence-corrected chi connectivity index (χ4v) is 7.87. The molecule has 12 heteroatoms. The molecule has 1 saturated heterocycles. The van der Waals surface area contributed by atoms with Crippen LogP contribution in [0.15, 0.2) is 24.3 Å². The highest BCUT2D eigenvalue weighted by Gasteiger charge is 2.20. The van der Waals surface area contributed by atoms with E-state index < -0.39 is 30.3 Å². The van der Waals surface area contributed by atoms with Crippen molar-refractivity contribution in [3.63, 3.8) is 0 Å². The molecule has 0 bridgehead atoms. The Morgan fingerprint density at radius 3 is 1.50 bits per heavy atom. The monoisotopic (exact) mass is 1030 g/mol. The molecule has 0 aliphatic carbocycles. The minimum Gasteiger partial charge on any atom is -0.465 e. The highest BCUT2D eigenvalue weighted by atomic mass is 17.1. The van der Waals surface area contributed by atoms with E-state index in [1.807, 2.05) is 13.8 Å². The number of ether oxygens (including phenoxy) is 5. The third-order valence-corrected chi connectivity index (χ3v) is 12.5. The molecule has 0 amide bonds. The smallest absolute Gasteiger partial charge is 0.305 e. The normalized spacial score (nSPS) is 13.6. The molecule has 3 N–H and O–H groups in total. The lowest BCUT2D eigenvalue weighted by Gasteiger charge is -2.19. The molecule has 3 atom stereocenters. The highest BCUT2D eigenvalue weighted by molar-refractivity contribution is 5.70. The van der Waals surface area contributed by atoms with Crippen molar-refractivity contribution >= 4 is 17.9 Å². The molecule has 1 aliphatic rings. The number of methoxy groups -OCH3 is 1. The number of likely N-dealkylation sites (tertiary alicyclic amines) is 1. The van der Waals surface area contributed by atoms with Gasteiger partial charge in [-0.25, -0.2) is 4.89 Å². The van der Waals surface area contributed by atoms with Crippen molar-refractivity contribution < 1.29 is 49.6 Å². The van der Waals surface area contributed by atoms with Crippen LogP contribution in [0.3, 0.4) is 0 Å². The van der Waals surface area contributed by atoms with E-state index in [-0.39, 0.29) is 40.1 Å². The van der Waals surface area contributed by atoms with Crippen molar-refractivity contribution in [2.24, 2.45) is 11.7 Å². The summed E-state index contributed by atoms with van der Waals surface area (Å²) in [6.45, 7) is 20.0. The van der Waals surface area contributed by atoms with Gasteiger partial charge in [-0.15, -0.1) is 0 Å². The number of esters is 3. The van der Waals surface area contributed by atoms with E-state index in [2.05, 4.69) is 68.7 Å². The van der Waals surface area contributed by atoms with Crippen LogP contribution in [0.5, 0.6) is 0 Å². The quantitative estimate of drug-likeness (QED) is 0.0113. The van der Waals surface area contributed by atoms with E-state index >= 15 is 0 Å². The SMILES string of the molecule is CC.CCCCC/C=C\C/C=C\CCCCCCCC(=O)OCC(COC(=O)CCC(CCCCCC)OO)COC(=O)CCC(OC)OCCCCCCCC.CCCCCCC.NCCN1CCCC1.[HH]. The minimum atomic E-state index is -0.512. The number of carbonyl (C=O) groups is 3. The number of hydrogen-bond acceptors (Lipinski definition) is 12. The van der Waals surface area contributed by atoms with Crippen LogP contribution in [0.1, 0.15) is 268 Å². The lowest BCUT2D eigenvalue weighted by Crippen LogP contribution is -2.27. The third-order valence-electron chi connectivity index (χ3n) is 12.5. The van der Waals surface area contributed by atoms with Crippen LogP contribution in [-0.2, 0) is 43.0 Å². The molecule has 0 aromatic rings. The molecular weight excluding hydrogens is 909 g/mol. The molecule has 1 fully saturated rings. The van der Waals surface area contributed by atoms with Gasteiger partial charge in [-0.3, -0.25) is 19.6 Å². The fraction of sp³-hybridized carbons (Fsp3) is 0.883. The second-order valence-electron chi connectivity index (χ2n) is 19.3. The van der Waals surface area contributed by atoms with Gasteiger partial charge in [0.05, 0.1) is 18.4 Å². The Hall–Kier alpha value is -2.35. The summed E-state index contributed by atoms with van der Waals surface area (Å²) in [6, 6.07) is 0. The number of rotatable bonds is 47. The maximum Gasteiger partial charge on any atom is 0.305 e. The highest BCUT2D eigenvalue weighted by Crippen LogP contribution is 2.15. The van der Waals surface area contributed by atoms with Crippen molar-refractivity contribution in [3.8, 4) is 0 Å². The average Bonchev–Trinajstić information content (AvgIpc) is 3.92. The molecule has 72 heavy (non-hydrogen) atoms. The lowest BCUT2D eigenvalue weighted by molar-refractivity contribution is -0.281. The summed E-state index contributed by atoms with van der Waals surface area (Å²) in [4.78, 5) is 44.8. The van der Waals surface area contributed by atoms with Crippen LogP contribution in [-0.4, -0.2) is 100 Å². The Bertz CT molecular complexity index is 1170. The third kappa shape index (κ3) is 56.9. The molecule has 1 aliphatic heterocycles. The first-order valence-corrected chi connectivity index (χ1v) is 29.9. The summed E-state index contributed by atoms with van der Waals surface area (Å²) in [5.41, 5.74) is 5.37. The van der Waals surface area contributed by atoms with Crippen LogP contribution < -0.4 is 5.73 Å². The second kappa shape index (κ2) is 62.9. The Morgan fingerprint density at radius 1 is 0.556 bits per heavy atom. The van der Waals surface area contributed by atoms with Crippen LogP contribution in [0.4, 0.5) is 0 Å². The van der Waals surface area contributed by atoms with Crippen molar-refractivity contribution in [1.82, 2.24) is 4.90 Å². The zero-order chi connectivity index (χ0) is 53.8. The number of allylic oxidation sites excluding steroid dienone is 4. The van der Waals surface area contributed by atoms with Crippen LogP contribution in [0, 0.1) is 5.92 Å². The zero-order valence-electron chi connectivity index (χ0n) is 48.4. The van der Waals surface area contributed by atoms with Gasteiger partial charge in [0.1, 0.15) is 19.8 Å². The second-order valence-corrected chi connectivity index (χ2v) is 19.3. The van der Waals surface area contributed by atoms with E-state index in [0.717, 1.165) is 96.6 Å². The van der Waals surface area contributed by atoms with Crippen LogP contribution >= 0.6 is 0 Å². The zero-order valence-corrected chi connectivity index (χ0v) is 48.4. The molecule has 1 rings (SSSR count). The van der Waals surface area contributed by atoms with Gasteiger partial charge in [0.2, 0.25) is 0 Å². The van der Waals surface area contributed by atoms with Gasteiger partial charge in [-0.05, 0) is 83.7 Å². The predicted octanol–water partition coefficient (Wildman–Crippen LogP) is 16.1. The lowest BCUT2D eigenvalue weighted by atomic mass is 10.1. The average molecular weight is 1030 g/mol. The topological polar surface area (TPSA) is 156 Å². The number of nitrogens with two attached hydrogens (primary N) is 1. The van der Waals surface area contributed by atoms with Gasteiger partial charge in [-0.1, -0.05) is 195 Å². The van der Waals surface area contributed by atoms with E-state index in [1.54, 1.807) is 7.11 Å². The van der Waals surface area contributed by atoms with E-state index in [9.17, 15) is 19.6 Å². The molecule has 0 aromatic carbocycles. The van der Waals surface area contributed by atoms with Crippen molar-refractivity contribution in [3.05, 3.63) is 24.3 Å². The first-order chi connectivity index (χ1) is 35.2. The summed E-state index contributed by atoms with van der Waals surface area (Å²) in [6.07, 6.45) is 43.1. The maximum atomic E-state index is 12.6. The number of unbranched alkanes of at least 4 members (excludes halogenated alkanes) is 20. The van der Waals surface area contributed by atoms with Crippen LogP contribution in [0.2, 0.25) is 0 Å². The Labute approximate surface area is 445 Å². The molecule has 0 spiro atoms. The summed E-state index contributed by atoms with van der Waals surface area (Å²) in [5, 5.41) is 9.26. The first-order valence-electron chi connectivity index (χ1n) is 29.9. The maximum absolute atomic E-state index is 12.6. The van der Waals surface area contributed by atoms with Crippen LogP contribution in [0.25, 0.3) is 0 Å². The van der Waals surface area contributed by atoms with Gasteiger partial charge in [0.25, 0.3) is 0 Å². The van der Waals surface area contributed by atoms with Gasteiger partial charge in [0.15, 0.2) is 6.29 Å². The first kappa shape index (κ1) is 73.9. The summed E-state index contributed by atoms with van der Waals surface area (Å²) < 4.78 is 27.8. The standard InChI is InChI=1S/C45H82O10.C7H16.C6H14N2.C2H6.H2/c1-5-8-11-14-16-17-18-19-20-21-22-23-24-25-28-31-42(46)52-37-40(38-53-43(47)33-32-41(55-49)30-27-13-10-7-3)39-54-44(48)34-35-45(50-4)51-36-29-26-15-12-9-6-2;1-3-5-7-6-4-2;7-3-6-8-4-1-2-5-8;1-2;/h16-17,19-20,40-41,45,49H,5-15,18,21-39H2,1-4H3;3-7H2,1-2H3;1-7H2;1-2H3;1H/b17-16-,20-19-;;;;. The largest absolute Gasteiger partial charge is 0.465 e. The fourth-order valence-electron chi connectivity index (χ4n) is 7.87. The van der Waals surface area contributed by atoms with Gasteiger partial charge in [0, 0.05) is 47.5 Å². The molecule has 430 valence electrons. The van der Waals surface area contributed by atoms with E-state index in [1.165, 1.54) is 109 Å². The summed E-state index contributed by atoms with van der Waals surface area (Å²) in [7, 11) is 1.56. The van der Waals surface area contributed by atoms with E-state index in [4.69, 9.17) is 29.4 Å². The van der Waals surface area contributed by atoms with Gasteiger partial charge in [-0.2, -0.15) is 0 Å². The molecule has 0 saturated carbocycles. The summed E-state index contributed by atoms with van der Waals surface area (Å²) in [5.74, 6) is -1.70. The number of nitrogens with zero attached hydrogens (tertiary/aromatic N) is 1. The number of carbonyl (C=O) groups excluding carboxylic acids is 3. The molecular formula is C60H120N2O10. The minimum absolute atomic E-state index is 0. The summed E-state index contributed by atoms with van der Waals surface area (Å²) >= 11 is 0. The van der Waals surface area contributed by atoms with Gasteiger partial charge < -0.3 is 34.3 Å². The van der Waals surface area contributed by atoms with Gasteiger partial charge >= 0.3 is 17.9 Å². The molecule has 0 radical (unpaired) electrons.